The van der Waals surface area contributed by atoms with Gasteiger partial charge in [-0.1, -0.05) is 0 Å². The summed E-state index contributed by atoms with van der Waals surface area (Å²) in [5.74, 6) is -0.832. The van der Waals surface area contributed by atoms with Crippen molar-refractivity contribution >= 4 is 27.2 Å². The number of aromatic nitrogens is 2. The zero-order chi connectivity index (χ0) is 19.7. The summed E-state index contributed by atoms with van der Waals surface area (Å²) in [4.78, 5) is 0. The molecule has 2 aromatic carbocycles. The Morgan fingerprint density at radius 1 is 1.07 bits per heavy atom. The quantitative estimate of drug-likeness (QED) is 0.497. The molecule has 1 fully saturated rings. The van der Waals surface area contributed by atoms with Gasteiger partial charge in [-0.3, -0.25) is 0 Å². The van der Waals surface area contributed by atoms with E-state index >= 15 is 0 Å². The van der Waals surface area contributed by atoms with Gasteiger partial charge in [0.15, 0.2) is 0 Å². The third-order valence-corrected chi connectivity index (χ3v) is 6.52. The van der Waals surface area contributed by atoms with Crippen molar-refractivity contribution in [2.75, 3.05) is 16.8 Å². The fourth-order valence-electron chi connectivity index (χ4n) is 3.53. The number of halogens is 2. The molecule has 1 atom stereocenters. The Bertz CT molecular complexity index is 1070. The molecule has 146 valence electrons. The number of rotatable bonds is 4. The van der Waals surface area contributed by atoms with Crippen molar-refractivity contribution in [3.63, 3.8) is 0 Å². The van der Waals surface area contributed by atoms with Crippen molar-refractivity contribution in [3.05, 3.63) is 54.1 Å². The number of hydrogen-bond acceptors (Lipinski definition) is 4. The second kappa shape index (κ2) is 7.64. The first kappa shape index (κ1) is 19.1. The maximum atomic E-state index is 13.5. The predicted octanol–water partition coefficient (Wildman–Crippen LogP) is 4.95. The Hall–Kier alpha value is -2.25. The van der Waals surface area contributed by atoms with Gasteiger partial charge in [0, 0.05) is 6.92 Å². The molecule has 4 nitrogen and oxygen atoms in total. The van der Waals surface area contributed by atoms with Crippen LogP contribution in [0.15, 0.2) is 48.5 Å². The van der Waals surface area contributed by atoms with Crippen LogP contribution in [0, 0.1) is 0 Å². The van der Waals surface area contributed by atoms with Crippen molar-refractivity contribution in [2.45, 2.75) is 31.7 Å². The molecule has 0 amide bonds. The average Bonchev–Trinajstić information content (AvgIpc) is 2.68. The summed E-state index contributed by atoms with van der Waals surface area (Å²) in [7, 11) is -0.793. The van der Waals surface area contributed by atoms with Crippen molar-refractivity contribution in [2.24, 2.45) is 0 Å². The van der Waals surface area contributed by atoms with Gasteiger partial charge in [0.2, 0.25) is 0 Å². The standard InChI is InChI=1S/C21H21F2N3OS/c1-21(22,23)15-10-8-14(9-11-15)19-17-6-2-3-7-18(17)20(26-25-19)24-16-5-4-12-28(27)13-16/h2-3,6-11,16H,4-5,12-13H2,1H3,(H,24,26). The van der Waals surface area contributed by atoms with E-state index in [0.717, 1.165) is 41.9 Å². The van der Waals surface area contributed by atoms with E-state index in [2.05, 4.69) is 15.5 Å². The average molecular weight is 401 g/mol. The molecule has 3 aromatic rings. The van der Waals surface area contributed by atoms with Crippen molar-refractivity contribution < 1.29 is 12.8 Å². The van der Waals surface area contributed by atoms with Gasteiger partial charge < -0.3 is 0 Å². The van der Waals surface area contributed by atoms with Crippen LogP contribution in [0.1, 0.15) is 25.3 Å². The van der Waals surface area contributed by atoms with E-state index in [0.29, 0.717) is 17.3 Å². The second-order valence-electron chi connectivity index (χ2n) is 7.20. The molecule has 0 saturated carbocycles. The third-order valence-electron chi connectivity index (χ3n) is 5.01. The molecule has 7 heteroatoms. The topological polar surface area (TPSA) is 57.7 Å². The van der Waals surface area contributed by atoms with Crippen LogP contribution in [0.2, 0.25) is 0 Å². The van der Waals surface area contributed by atoms with Gasteiger partial charge in [-0.25, -0.2) is 8.78 Å². The number of alkyl halides is 2. The van der Waals surface area contributed by atoms with Crippen LogP contribution in [-0.2, 0) is 20.6 Å². The monoisotopic (exact) mass is 401 g/mol. The fourth-order valence-corrected chi connectivity index (χ4v) is 4.89. The number of nitrogens with zero attached hydrogens (tertiary/aromatic N) is 2. The summed E-state index contributed by atoms with van der Waals surface area (Å²) >= 11 is 0. The molecule has 1 unspecified atom stereocenters. The van der Waals surface area contributed by atoms with Crippen LogP contribution >= 0.6 is 0 Å². The summed E-state index contributed by atoms with van der Waals surface area (Å²) in [6.45, 7) is 0.885. The third kappa shape index (κ3) is 3.95. The normalized spacial score (nSPS) is 18.3. The van der Waals surface area contributed by atoms with Crippen molar-refractivity contribution in [1.82, 2.24) is 10.2 Å². The summed E-state index contributed by atoms with van der Waals surface area (Å²) in [5.41, 5.74) is 1.36. The maximum absolute atomic E-state index is 13.5. The molecule has 0 aliphatic carbocycles. The van der Waals surface area contributed by atoms with Gasteiger partial charge in [-0.2, -0.15) is 0 Å². The molecule has 1 saturated heterocycles. The van der Waals surface area contributed by atoms with E-state index in [1.54, 1.807) is 12.1 Å². The first-order valence-electron chi connectivity index (χ1n) is 9.27. The van der Waals surface area contributed by atoms with E-state index in [-0.39, 0.29) is 11.6 Å². The van der Waals surface area contributed by atoms with Crippen LogP contribution in [0.5, 0.6) is 0 Å². The van der Waals surface area contributed by atoms with E-state index in [4.69, 9.17) is 0 Å². The van der Waals surface area contributed by atoms with Gasteiger partial charge in [-0.15, -0.1) is 0 Å². The van der Waals surface area contributed by atoms with Gasteiger partial charge in [-0.05, 0) is 0 Å². The Kier molecular flexibility index (Phi) is 5.21. The van der Waals surface area contributed by atoms with Crippen LogP contribution in [0.25, 0.3) is 22.0 Å². The summed E-state index contributed by atoms with van der Waals surface area (Å²) in [6.07, 6.45) is 1.89. The van der Waals surface area contributed by atoms with Gasteiger partial charge in [0.25, 0.3) is 5.92 Å². The predicted molar refractivity (Wildman–Crippen MR) is 109 cm³/mol. The van der Waals surface area contributed by atoms with E-state index in [9.17, 15) is 12.8 Å². The molecular weight excluding hydrogens is 380 g/mol. The molecule has 0 bridgehead atoms. The molecule has 4 rings (SSSR count). The first-order chi connectivity index (χ1) is 13.4. The molecule has 0 radical (unpaired) electrons. The molecule has 1 aliphatic rings. The summed E-state index contributed by atoms with van der Waals surface area (Å²) in [6, 6.07) is 14.0. The number of nitrogens with one attached hydrogen (secondary N) is 1. The second-order valence-corrected chi connectivity index (χ2v) is 8.82. The van der Waals surface area contributed by atoms with Gasteiger partial charge in [0.1, 0.15) is 0 Å². The van der Waals surface area contributed by atoms with Crippen molar-refractivity contribution in [3.8, 4) is 11.3 Å². The Morgan fingerprint density at radius 3 is 2.46 bits per heavy atom. The zero-order valence-corrected chi connectivity index (χ0v) is 16.3. The SMILES string of the molecule is CC(F)(F)c1ccc(-c2nnc(NC3CCC[S-](#[O+])C3)c3ccccc23)cc1. The minimum atomic E-state index is -2.87. The number of anilines is 1. The van der Waals surface area contributed by atoms with Crippen LogP contribution in [0.3, 0.4) is 0 Å². The van der Waals surface area contributed by atoms with Crippen LogP contribution < -0.4 is 5.32 Å². The van der Waals surface area contributed by atoms with Crippen LogP contribution in [0.4, 0.5) is 14.6 Å². The van der Waals surface area contributed by atoms with Crippen molar-refractivity contribution in [1.29, 1.82) is 0 Å². The minimum absolute atomic E-state index is 0.0305. The number of benzene rings is 2. The molecule has 1 N–H and O–H groups in total. The fraction of sp³-hybridized carbons (Fsp3) is 0.333. The van der Waals surface area contributed by atoms with E-state index in [1.807, 2.05) is 24.3 Å². The summed E-state index contributed by atoms with van der Waals surface area (Å²) in [5, 5.41) is 13.9. The molecule has 1 aromatic heterocycles. The molecule has 28 heavy (non-hydrogen) atoms. The Morgan fingerprint density at radius 2 is 1.79 bits per heavy atom. The summed E-state index contributed by atoms with van der Waals surface area (Å²) < 4.78 is 38.8. The number of fused-ring (bicyclic) bond motifs is 1. The zero-order valence-electron chi connectivity index (χ0n) is 15.5. The Balaban J connectivity index is 1.71. The molecule has 2 heterocycles. The Labute approximate surface area is 164 Å². The van der Waals surface area contributed by atoms with E-state index < -0.39 is 16.6 Å². The molecule has 1 aliphatic heterocycles. The van der Waals surface area contributed by atoms with Gasteiger partial charge >= 0.3 is 143 Å². The molecular formula is C21H21F2N3OS. The van der Waals surface area contributed by atoms with Crippen LogP contribution in [-0.4, -0.2) is 27.7 Å². The molecule has 0 spiro atoms. The van der Waals surface area contributed by atoms with Gasteiger partial charge in [0.05, 0.1) is 0 Å². The first-order valence-corrected chi connectivity index (χ1v) is 10.8. The van der Waals surface area contributed by atoms with E-state index in [1.165, 1.54) is 12.1 Å². The number of hydrogen-bond donors (Lipinski definition) is 1.